The topological polar surface area (TPSA) is 73.4 Å². The lowest BCUT2D eigenvalue weighted by molar-refractivity contribution is -0.146. The average Bonchev–Trinajstić information content (AvgIpc) is 2.96. The minimum absolute atomic E-state index is 0.0207. The first kappa shape index (κ1) is 20.7. The molecule has 8 nitrogen and oxygen atoms in total. The number of thioether (sulfide) groups is 1. The third-order valence-electron chi connectivity index (χ3n) is 5.07. The van der Waals surface area contributed by atoms with E-state index in [0.29, 0.717) is 45.1 Å². The number of urea groups is 2. The number of esters is 1. The summed E-state index contributed by atoms with van der Waals surface area (Å²) in [5.74, 6) is 0.0770. The van der Waals surface area contributed by atoms with Gasteiger partial charge in [0.05, 0.1) is 13.0 Å². The van der Waals surface area contributed by atoms with Gasteiger partial charge in [-0.25, -0.2) is 14.4 Å². The molecular formula is C17H30N4O4S. The van der Waals surface area contributed by atoms with Gasteiger partial charge in [0.2, 0.25) is 0 Å². The Balaban J connectivity index is 2.00. The fraction of sp³-hybridized carbons (Fsp3) is 0.824. The molecular weight excluding hydrogens is 356 g/mol. The van der Waals surface area contributed by atoms with Crippen LogP contribution < -0.4 is 0 Å². The number of carbonyl (C=O) groups excluding carboxylic acids is 3. The SMILES string of the molecule is CCN(CC)C(=O)N1CCN(C(=O)N2CSC(C)(C)C2C(=O)OC)CC1. The molecule has 2 rings (SSSR count). The number of methoxy groups -OCH3 is 1. The highest BCUT2D eigenvalue weighted by Gasteiger charge is 2.49. The Labute approximate surface area is 159 Å². The van der Waals surface area contributed by atoms with E-state index in [9.17, 15) is 14.4 Å². The number of rotatable bonds is 3. The first-order valence-corrected chi connectivity index (χ1v) is 10.1. The minimum Gasteiger partial charge on any atom is -0.467 e. The van der Waals surface area contributed by atoms with E-state index in [-0.39, 0.29) is 22.8 Å². The molecule has 0 aromatic rings. The molecule has 0 aromatic carbocycles. The van der Waals surface area contributed by atoms with Crippen LogP contribution in [0, 0.1) is 0 Å². The highest BCUT2D eigenvalue weighted by atomic mass is 32.2. The number of piperazine rings is 1. The van der Waals surface area contributed by atoms with E-state index in [4.69, 9.17) is 4.74 Å². The van der Waals surface area contributed by atoms with Crippen molar-refractivity contribution >= 4 is 29.8 Å². The zero-order chi connectivity index (χ0) is 19.5. The number of hydrogen-bond acceptors (Lipinski definition) is 5. The maximum absolute atomic E-state index is 13.0. The standard InChI is InChI=1S/C17H30N4O4S/c1-6-18(7-2)15(23)19-8-10-20(11-9-19)16(24)21-12-26-17(3,4)13(21)14(22)25-5/h13H,6-12H2,1-5H3. The van der Waals surface area contributed by atoms with Crippen LogP contribution in [0.25, 0.3) is 0 Å². The molecule has 0 bridgehead atoms. The molecule has 4 amide bonds. The summed E-state index contributed by atoms with van der Waals surface area (Å²) >= 11 is 1.57. The Hall–Kier alpha value is -1.64. The van der Waals surface area contributed by atoms with E-state index in [0.717, 1.165) is 0 Å². The molecule has 0 radical (unpaired) electrons. The Morgan fingerprint density at radius 1 is 1.08 bits per heavy atom. The van der Waals surface area contributed by atoms with Crippen molar-refractivity contribution in [2.24, 2.45) is 0 Å². The van der Waals surface area contributed by atoms with E-state index >= 15 is 0 Å². The lowest BCUT2D eigenvalue weighted by Gasteiger charge is -2.39. The molecule has 0 saturated carbocycles. The van der Waals surface area contributed by atoms with E-state index in [1.54, 1.807) is 31.4 Å². The van der Waals surface area contributed by atoms with Gasteiger partial charge in [-0.2, -0.15) is 0 Å². The first-order chi connectivity index (χ1) is 12.3. The van der Waals surface area contributed by atoms with Crippen molar-refractivity contribution in [1.82, 2.24) is 19.6 Å². The Kier molecular flexibility index (Phi) is 6.65. The lowest BCUT2D eigenvalue weighted by Crippen LogP contribution is -2.58. The second-order valence-electron chi connectivity index (χ2n) is 6.98. The van der Waals surface area contributed by atoms with E-state index in [1.807, 2.05) is 27.7 Å². The maximum atomic E-state index is 13.0. The average molecular weight is 387 g/mol. The molecule has 26 heavy (non-hydrogen) atoms. The maximum Gasteiger partial charge on any atom is 0.330 e. The van der Waals surface area contributed by atoms with Crippen molar-refractivity contribution in [2.75, 3.05) is 52.3 Å². The molecule has 2 fully saturated rings. The molecule has 9 heteroatoms. The third-order valence-corrected chi connectivity index (χ3v) is 6.45. The van der Waals surface area contributed by atoms with Gasteiger partial charge < -0.3 is 24.3 Å². The molecule has 2 aliphatic rings. The van der Waals surface area contributed by atoms with Gasteiger partial charge in [-0.15, -0.1) is 11.8 Å². The molecule has 0 spiro atoms. The fourth-order valence-corrected chi connectivity index (χ4v) is 4.53. The summed E-state index contributed by atoms with van der Waals surface area (Å²) in [6.07, 6.45) is 0. The Morgan fingerprint density at radius 3 is 2.12 bits per heavy atom. The van der Waals surface area contributed by atoms with Crippen LogP contribution in [0.2, 0.25) is 0 Å². The zero-order valence-corrected chi connectivity index (χ0v) is 17.2. The molecule has 2 heterocycles. The Bertz CT molecular complexity index is 545. The van der Waals surface area contributed by atoms with Crippen molar-refractivity contribution in [3.05, 3.63) is 0 Å². The number of carbonyl (C=O) groups is 3. The van der Waals surface area contributed by atoms with Crippen LogP contribution >= 0.6 is 11.8 Å². The molecule has 2 saturated heterocycles. The highest BCUT2D eigenvalue weighted by Crippen LogP contribution is 2.40. The lowest BCUT2D eigenvalue weighted by atomic mass is 10.0. The number of ether oxygens (including phenoxy) is 1. The molecule has 0 aromatic heterocycles. The van der Waals surface area contributed by atoms with Gasteiger partial charge in [0.1, 0.15) is 6.04 Å². The van der Waals surface area contributed by atoms with Crippen molar-refractivity contribution in [3.63, 3.8) is 0 Å². The predicted octanol–water partition coefficient (Wildman–Crippen LogP) is 1.51. The second kappa shape index (κ2) is 8.37. The van der Waals surface area contributed by atoms with Crippen molar-refractivity contribution in [1.29, 1.82) is 0 Å². The van der Waals surface area contributed by atoms with Crippen LogP contribution in [0.15, 0.2) is 0 Å². The smallest absolute Gasteiger partial charge is 0.330 e. The van der Waals surface area contributed by atoms with E-state index < -0.39 is 6.04 Å². The summed E-state index contributed by atoms with van der Waals surface area (Å²) in [6.45, 7) is 11.1. The van der Waals surface area contributed by atoms with Crippen molar-refractivity contribution in [2.45, 2.75) is 38.5 Å². The van der Waals surface area contributed by atoms with Gasteiger partial charge in [-0.3, -0.25) is 0 Å². The van der Waals surface area contributed by atoms with Crippen LogP contribution in [-0.2, 0) is 9.53 Å². The molecule has 0 aliphatic carbocycles. The van der Waals surface area contributed by atoms with Crippen LogP contribution in [0.4, 0.5) is 9.59 Å². The number of amides is 4. The summed E-state index contributed by atoms with van der Waals surface area (Å²) in [7, 11) is 1.35. The molecule has 148 valence electrons. The summed E-state index contributed by atoms with van der Waals surface area (Å²) in [6, 6.07) is -0.735. The van der Waals surface area contributed by atoms with Gasteiger partial charge in [0.25, 0.3) is 0 Å². The highest BCUT2D eigenvalue weighted by molar-refractivity contribution is 8.00. The van der Waals surface area contributed by atoms with Crippen LogP contribution in [0.1, 0.15) is 27.7 Å². The summed E-state index contributed by atoms with van der Waals surface area (Å²) in [5, 5.41) is 0. The van der Waals surface area contributed by atoms with Crippen molar-refractivity contribution in [3.8, 4) is 0 Å². The van der Waals surface area contributed by atoms with Crippen LogP contribution in [0.3, 0.4) is 0 Å². The molecule has 1 atom stereocenters. The second-order valence-corrected chi connectivity index (χ2v) is 8.58. The molecule has 0 N–H and O–H groups in total. The first-order valence-electron chi connectivity index (χ1n) is 9.08. The minimum atomic E-state index is -0.597. The number of nitrogens with zero attached hydrogens (tertiary/aromatic N) is 4. The fourth-order valence-electron chi connectivity index (χ4n) is 3.42. The normalized spacial score (nSPS) is 22.3. The predicted molar refractivity (Wildman–Crippen MR) is 101 cm³/mol. The van der Waals surface area contributed by atoms with Gasteiger partial charge in [0.15, 0.2) is 0 Å². The number of hydrogen-bond donors (Lipinski definition) is 0. The monoisotopic (exact) mass is 386 g/mol. The molecule has 2 aliphatic heterocycles. The summed E-state index contributed by atoms with van der Waals surface area (Å²) in [4.78, 5) is 44.5. The van der Waals surface area contributed by atoms with Gasteiger partial charge in [-0.1, -0.05) is 0 Å². The van der Waals surface area contributed by atoms with Crippen molar-refractivity contribution < 1.29 is 19.1 Å². The molecule has 1 unspecified atom stereocenters. The summed E-state index contributed by atoms with van der Waals surface area (Å²) < 4.78 is 4.53. The van der Waals surface area contributed by atoms with Gasteiger partial charge in [0, 0.05) is 44.0 Å². The van der Waals surface area contributed by atoms with Gasteiger partial charge in [-0.05, 0) is 27.7 Å². The quantitative estimate of drug-likeness (QED) is 0.688. The largest absolute Gasteiger partial charge is 0.467 e. The Morgan fingerprint density at radius 2 is 1.62 bits per heavy atom. The summed E-state index contributed by atoms with van der Waals surface area (Å²) in [5.41, 5.74) is 0. The van der Waals surface area contributed by atoms with E-state index in [2.05, 4.69) is 0 Å². The van der Waals surface area contributed by atoms with Crippen LogP contribution in [-0.4, -0.2) is 101 Å². The van der Waals surface area contributed by atoms with E-state index in [1.165, 1.54) is 7.11 Å². The van der Waals surface area contributed by atoms with Gasteiger partial charge >= 0.3 is 18.0 Å². The zero-order valence-electron chi connectivity index (χ0n) is 16.4. The van der Waals surface area contributed by atoms with Crippen LogP contribution in [0.5, 0.6) is 0 Å². The third kappa shape index (κ3) is 4.02.